The van der Waals surface area contributed by atoms with E-state index in [9.17, 15) is 14.0 Å². The molecule has 0 aliphatic carbocycles. The van der Waals surface area contributed by atoms with Gasteiger partial charge in [0, 0.05) is 34.9 Å². The first kappa shape index (κ1) is 20.8. The highest BCUT2D eigenvalue weighted by Crippen LogP contribution is 2.34. The number of fused-ring (bicyclic) bond motifs is 2. The van der Waals surface area contributed by atoms with Crippen molar-refractivity contribution < 1.29 is 18.0 Å². The van der Waals surface area contributed by atoms with E-state index in [1.807, 2.05) is 33.8 Å². The van der Waals surface area contributed by atoms with Crippen LogP contribution in [0.2, 0.25) is 0 Å². The van der Waals surface area contributed by atoms with E-state index >= 15 is 0 Å². The van der Waals surface area contributed by atoms with Gasteiger partial charge in [-0.05, 0) is 69.0 Å². The van der Waals surface area contributed by atoms with Gasteiger partial charge < -0.3 is 14.2 Å². The van der Waals surface area contributed by atoms with Crippen molar-refractivity contribution in [2.45, 2.75) is 47.1 Å². The Morgan fingerprint density at radius 2 is 1.58 bits per heavy atom. The van der Waals surface area contributed by atoms with Gasteiger partial charge in [-0.3, -0.25) is 4.79 Å². The highest BCUT2D eigenvalue weighted by molar-refractivity contribution is 6.00. The molecular formula is C25H24FNO4. The lowest BCUT2D eigenvalue weighted by molar-refractivity contribution is -0.121. The molecule has 31 heavy (non-hydrogen) atoms. The molecule has 5 nitrogen and oxygen atoms in total. The van der Waals surface area contributed by atoms with Crippen molar-refractivity contribution in [1.82, 2.24) is 5.32 Å². The van der Waals surface area contributed by atoms with Gasteiger partial charge in [-0.1, -0.05) is 12.1 Å². The maximum Gasteiger partial charge on any atom is 0.339 e. The number of amides is 1. The minimum Gasteiger partial charge on any atom is -0.461 e. The molecule has 0 saturated heterocycles. The summed E-state index contributed by atoms with van der Waals surface area (Å²) < 4.78 is 24.5. The molecule has 6 heteroatoms. The Bertz CT molecular complexity index is 1360. The summed E-state index contributed by atoms with van der Waals surface area (Å²) in [6.07, 6.45) is 0.434. The number of hydrogen-bond donors (Lipinski definition) is 1. The number of nitrogens with one attached hydrogen (secondary N) is 1. The van der Waals surface area contributed by atoms with Crippen molar-refractivity contribution in [3.05, 3.63) is 80.1 Å². The number of furan rings is 1. The van der Waals surface area contributed by atoms with Crippen LogP contribution in [0.25, 0.3) is 21.9 Å². The SMILES string of the molecule is Cc1oc2c(C)c3oc(=O)c(CCC(=O)NCc4ccc(F)cc4)c(C)c3cc2c1C. The van der Waals surface area contributed by atoms with Gasteiger partial charge in [0.2, 0.25) is 5.91 Å². The molecule has 1 N–H and O–H groups in total. The number of carbonyl (C=O) groups excluding carboxylic acids is 1. The van der Waals surface area contributed by atoms with Crippen LogP contribution >= 0.6 is 0 Å². The Hall–Kier alpha value is -3.41. The van der Waals surface area contributed by atoms with E-state index in [4.69, 9.17) is 8.83 Å². The Kier molecular flexibility index (Phi) is 5.39. The lowest BCUT2D eigenvalue weighted by atomic mass is 9.98. The number of rotatable bonds is 5. The van der Waals surface area contributed by atoms with E-state index in [-0.39, 0.29) is 24.6 Å². The fourth-order valence-electron chi connectivity index (χ4n) is 3.91. The molecule has 160 valence electrons. The van der Waals surface area contributed by atoms with Gasteiger partial charge in [-0.2, -0.15) is 0 Å². The van der Waals surface area contributed by atoms with Crippen molar-refractivity contribution in [2.24, 2.45) is 0 Å². The Morgan fingerprint density at radius 3 is 2.29 bits per heavy atom. The summed E-state index contributed by atoms with van der Waals surface area (Å²) in [7, 11) is 0. The Balaban J connectivity index is 1.58. The zero-order valence-corrected chi connectivity index (χ0v) is 18.0. The molecule has 0 aliphatic rings. The predicted molar refractivity (Wildman–Crippen MR) is 118 cm³/mol. The van der Waals surface area contributed by atoms with E-state index in [0.717, 1.165) is 44.4 Å². The normalized spacial score (nSPS) is 11.4. The molecule has 0 unspecified atom stereocenters. The zero-order valence-electron chi connectivity index (χ0n) is 18.0. The summed E-state index contributed by atoms with van der Waals surface area (Å²) in [6, 6.07) is 7.96. The first-order chi connectivity index (χ1) is 14.8. The molecule has 0 atom stereocenters. The molecule has 0 bridgehead atoms. The second kappa shape index (κ2) is 8.02. The number of benzene rings is 2. The first-order valence-corrected chi connectivity index (χ1v) is 10.2. The van der Waals surface area contributed by atoms with Gasteiger partial charge in [0.25, 0.3) is 0 Å². The van der Waals surface area contributed by atoms with Crippen molar-refractivity contribution in [3.8, 4) is 0 Å². The summed E-state index contributed by atoms with van der Waals surface area (Å²) >= 11 is 0. The van der Waals surface area contributed by atoms with Crippen molar-refractivity contribution >= 4 is 27.8 Å². The summed E-state index contributed by atoms with van der Waals surface area (Å²) in [4.78, 5) is 25.0. The minimum atomic E-state index is -0.432. The third-order valence-electron chi connectivity index (χ3n) is 5.95. The standard InChI is InChI=1S/C25H24FNO4/c1-13-16(4)30-23-15(3)24-21(11-20(13)23)14(2)19(25(29)31-24)9-10-22(28)27-12-17-5-7-18(26)8-6-17/h5-8,11H,9-10,12H2,1-4H3,(H,27,28). The summed E-state index contributed by atoms with van der Waals surface area (Å²) in [5.74, 6) is 0.337. The van der Waals surface area contributed by atoms with Gasteiger partial charge in [0.15, 0.2) is 0 Å². The molecule has 2 aromatic heterocycles. The molecule has 2 heterocycles. The highest BCUT2D eigenvalue weighted by atomic mass is 19.1. The lowest BCUT2D eigenvalue weighted by Gasteiger charge is -2.10. The number of halogens is 1. The molecule has 2 aromatic carbocycles. The molecule has 0 saturated carbocycles. The summed E-state index contributed by atoms with van der Waals surface area (Å²) in [6.45, 7) is 8.00. The van der Waals surface area contributed by atoms with Crippen LogP contribution in [-0.4, -0.2) is 5.91 Å². The molecular weight excluding hydrogens is 397 g/mol. The minimum absolute atomic E-state index is 0.156. The smallest absolute Gasteiger partial charge is 0.339 e. The molecule has 0 aliphatic heterocycles. The van der Waals surface area contributed by atoms with Gasteiger partial charge in [0.05, 0.1) is 0 Å². The average molecular weight is 421 g/mol. The average Bonchev–Trinajstić information content (AvgIpc) is 3.03. The highest BCUT2D eigenvalue weighted by Gasteiger charge is 2.19. The summed E-state index contributed by atoms with van der Waals surface area (Å²) in [5, 5.41) is 4.66. The van der Waals surface area contributed by atoms with Crippen molar-refractivity contribution in [2.75, 3.05) is 0 Å². The van der Waals surface area contributed by atoms with Crippen LogP contribution < -0.4 is 10.9 Å². The molecule has 0 spiro atoms. The number of carbonyl (C=O) groups is 1. The monoisotopic (exact) mass is 421 g/mol. The number of hydrogen-bond acceptors (Lipinski definition) is 4. The van der Waals surface area contributed by atoms with Crippen LogP contribution in [0.5, 0.6) is 0 Å². The van der Waals surface area contributed by atoms with Crippen LogP contribution in [0.15, 0.2) is 44.0 Å². The van der Waals surface area contributed by atoms with Crippen molar-refractivity contribution in [1.29, 1.82) is 0 Å². The molecule has 4 aromatic rings. The fraction of sp³-hybridized carbons (Fsp3) is 0.280. The second-order valence-electron chi connectivity index (χ2n) is 7.93. The van der Waals surface area contributed by atoms with Crippen LogP contribution in [0.4, 0.5) is 4.39 Å². The number of aryl methyl sites for hydroxylation is 4. The quantitative estimate of drug-likeness (QED) is 0.452. The first-order valence-electron chi connectivity index (χ1n) is 10.2. The van der Waals surface area contributed by atoms with Gasteiger partial charge >= 0.3 is 5.63 Å². The van der Waals surface area contributed by atoms with Gasteiger partial charge in [-0.15, -0.1) is 0 Å². The Morgan fingerprint density at radius 1 is 0.935 bits per heavy atom. The summed E-state index contributed by atoms with van der Waals surface area (Å²) in [5.41, 5.74) is 4.81. The molecule has 0 fully saturated rings. The zero-order chi connectivity index (χ0) is 22.3. The maximum atomic E-state index is 13.0. The third-order valence-corrected chi connectivity index (χ3v) is 5.95. The van der Waals surface area contributed by atoms with Crippen LogP contribution in [0, 0.1) is 33.5 Å². The third kappa shape index (κ3) is 3.85. The second-order valence-corrected chi connectivity index (χ2v) is 7.93. The van der Waals surface area contributed by atoms with Crippen LogP contribution in [0.1, 0.15) is 40.0 Å². The van der Waals surface area contributed by atoms with Crippen LogP contribution in [-0.2, 0) is 17.8 Å². The van der Waals surface area contributed by atoms with Crippen molar-refractivity contribution in [3.63, 3.8) is 0 Å². The fourth-order valence-corrected chi connectivity index (χ4v) is 3.91. The van der Waals surface area contributed by atoms with Gasteiger partial charge in [-0.25, -0.2) is 9.18 Å². The Labute approximate surface area is 178 Å². The van der Waals surface area contributed by atoms with Gasteiger partial charge in [0.1, 0.15) is 22.7 Å². The largest absolute Gasteiger partial charge is 0.461 e. The van der Waals surface area contributed by atoms with E-state index in [0.29, 0.717) is 17.7 Å². The maximum absolute atomic E-state index is 13.0. The van der Waals surface area contributed by atoms with E-state index in [1.54, 1.807) is 12.1 Å². The lowest BCUT2D eigenvalue weighted by Crippen LogP contribution is -2.24. The molecule has 1 amide bonds. The molecule has 0 radical (unpaired) electrons. The van der Waals surface area contributed by atoms with E-state index in [1.165, 1.54) is 12.1 Å². The van der Waals surface area contributed by atoms with Crippen LogP contribution in [0.3, 0.4) is 0 Å². The van der Waals surface area contributed by atoms with E-state index in [2.05, 4.69) is 5.32 Å². The van der Waals surface area contributed by atoms with E-state index < -0.39 is 5.63 Å². The predicted octanol–water partition coefficient (Wildman–Crippen LogP) is 5.16. The molecule has 4 rings (SSSR count). The topological polar surface area (TPSA) is 72.5 Å².